The van der Waals surface area contributed by atoms with E-state index in [4.69, 9.17) is 21.1 Å². The summed E-state index contributed by atoms with van der Waals surface area (Å²) >= 11 is 6.03. The van der Waals surface area contributed by atoms with Gasteiger partial charge in [0.1, 0.15) is 11.4 Å². The van der Waals surface area contributed by atoms with Crippen LogP contribution < -0.4 is 4.74 Å². The topological polar surface area (TPSA) is 69.5 Å². The molecule has 7 nitrogen and oxygen atoms in total. The Bertz CT molecular complexity index is 798. The number of methoxy groups -OCH3 is 1. The molecule has 0 radical (unpaired) electrons. The molecule has 3 rings (SSSR count). The van der Waals surface area contributed by atoms with Crippen LogP contribution in [0.15, 0.2) is 18.2 Å². The van der Waals surface area contributed by atoms with Gasteiger partial charge >= 0.3 is 6.09 Å². The molecule has 0 spiro atoms. The molecular formula is C17H21ClN4O3. The predicted octanol–water partition coefficient (Wildman–Crippen LogP) is 3.36. The van der Waals surface area contributed by atoms with Crippen LogP contribution in [0.25, 0.3) is 11.4 Å². The molecule has 8 heteroatoms. The first-order valence-corrected chi connectivity index (χ1v) is 8.40. The summed E-state index contributed by atoms with van der Waals surface area (Å²) in [5, 5.41) is 9.11. The average molecular weight is 365 g/mol. The van der Waals surface area contributed by atoms with Gasteiger partial charge in [-0.1, -0.05) is 11.6 Å². The molecule has 1 amide bonds. The predicted molar refractivity (Wildman–Crippen MR) is 93.7 cm³/mol. The molecule has 2 aromatic rings. The smallest absolute Gasteiger partial charge is 0.410 e. The van der Waals surface area contributed by atoms with E-state index in [0.29, 0.717) is 42.1 Å². The number of halogens is 1. The Kier molecular flexibility index (Phi) is 4.60. The van der Waals surface area contributed by atoms with Crippen LogP contribution in [-0.2, 0) is 17.8 Å². The van der Waals surface area contributed by atoms with Crippen molar-refractivity contribution in [3.8, 4) is 17.1 Å². The zero-order valence-electron chi connectivity index (χ0n) is 14.7. The lowest BCUT2D eigenvalue weighted by molar-refractivity contribution is 0.0196. The molecule has 0 aliphatic carbocycles. The molecule has 1 aromatic heterocycles. The standard InChI is InChI=1S/C17H21ClN4O3/c1-17(2,3)25-16(23)21-7-8-22-14(10-21)19-20-15(22)12-6-5-11(18)9-13(12)24-4/h5-6,9H,7-8,10H2,1-4H3. The van der Waals surface area contributed by atoms with Gasteiger partial charge in [-0.3, -0.25) is 4.90 Å². The number of hydrogen-bond donors (Lipinski definition) is 0. The van der Waals surface area contributed by atoms with Gasteiger partial charge in [0.05, 0.1) is 19.2 Å². The molecule has 0 atom stereocenters. The molecule has 0 bridgehead atoms. The Morgan fingerprint density at radius 2 is 2.00 bits per heavy atom. The Labute approximate surface area is 151 Å². The van der Waals surface area contributed by atoms with E-state index in [1.807, 2.05) is 31.4 Å². The summed E-state index contributed by atoms with van der Waals surface area (Å²) in [4.78, 5) is 13.9. The van der Waals surface area contributed by atoms with Crippen molar-refractivity contribution in [1.82, 2.24) is 19.7 Å². The molecule has 0 unspecified atom stereocenters. The Hall–Kier alpha value is -2.28. The maximum Gasteiger partial charge on any atom is 0.410 e. The number of aromatic nitrogens is 3. The van der Waals surface area contributed by atoms with E-state index in [2.05, 4.69) is 10.2 Å². The SMILES string of the molecule is COc1cc(Cl)ccc1-c1nnc2n1CCN(C(=O)OC(C)(C)C)C2. The fraction of sp³-hybridized carbons (Fsp3) is 0.471. The quantitative estimate of drug-likeness (QED) is 0.817. The lowest BCUT2D eigenvalue weighted by Gasteiger charge is -2.30. The second-order valence-corrected chi connectivity index (χ2v) is 7.27. The molecule has 1 aliphatic rings. The van der Waals surface area contributed by atoms with E-state index >= 15 is 0 Å². The summed E-state index contributed by atoms with van der Waals surface area (Å²) in [5.74, 6) is 2.05. The number of carbonyl (C=O) groups is 1. The average Bonchev–Trinajstić information content (AvgIpc) is 2.96. The third kappa shape index (κ3) is 3.71. The fourth-order valence-corrected chi connectivity index (χ4v) is 2.85. The van der Waals surface area contributed by atoms with Crippen LogP contribution in [0.1, 0.15) is 26.6 Å². The summed E-state index contributed by atoms with van der Waals surface area (Å²) < 4.78 is 12.8. The van der Waals surface area contributed by atoms with Crippen molar-refractivity contribution in [1.29, 1.82) is 0 Å². The summed E-state index contributed by atoms with van der Waals surface area (Å²) in [6, 6.07) is 5.39. The molecule has 25 heavy (non-hydrogen) atoms. The van der Waals surface area contributed by atoms with Crippen LogP contribution in [0.4, 0.5) is 4.79 Å². The first kappa shape index (κ1) is 17.5. The van der Waals surface area contributed by atoms with Crippen LogP contribution in [-0.4, -0.2) is 45.0 Å². The lowest BCUT2D eigenvalue weighted by Crippen LogP contribution is -2.41. The number of carbonyl (C=O) groups excluding carboxylic acids is 1. The Balaban J connectivity index is 1.85. The fourth-order valence-electron chi connectivity index (χ4n) is 2.69. The number of fused-ring (bicyclic) bond motifs is 1. The molecule has 134 valence electrons. The number of rotatable bonds is 2. The molecule has 2 heterocycles. The highest BCUT2D eigenvalue weighted by Crippen LogP contribution is 2.32. The monoisotopic (exact) mass is 364 g/mol. The summed E-state index contributed by atoms with van der Waals surface area (Å²) in [6.45, 7) is 7.02. The lowest BCUT2D eigenvalue weighted by atomic mass is 10.2. The number of amides is 1. The van der Waals surface area contributed by atoms with E-state index < -0.39 is 5.60 Å². The van der Waals surface area contributed by atoms with Crippen molar-refractivity contribution in [2.75, 3.05) is 13.7 Å². The minimum Gasteiger partial charge on any atom is -0.496 e. The van der Waals surface area contributed by atoms with Crippen molar-refractivity contribution in [3.05, 3.63) is 29.0 Å². The van der Waals surface area contributed by atoms with Crippen molar-refractivity contribution >= 4 is 17.7 Å². The van der Waals surface area contributed by atoms with Crippen molar-refractivity contribution < 1.29 is 14.3 Å². The zero-order valence-corrected chi connectivity index (χ0v) is 15.5. The molecule has 1 aromatic carbocycles. The highest BCUT2D eigenvalue weighted by Gasteiger charge is 2.29. The molecule has 0 saturated heterocycles. The van der Waals surface area contributed by atoms with E-state index in [9.17, 15) is 4.79 Å². The van der Waals surface area contributed by atoms with Crippen molar-refractivity contribution in [2.45, 2.75) is 39.5 Å². The highest BCUT2D eigenvalue weighted by atomic mass is 35.5. The van der Waals surface area contributed by atoms with Crippen LogP contribution in [0, 0.1) is 0 Å². The van der Waals surface area contributed by atoms with Gasteiger partial charge in [-0.15, -0.1) is 10.2 Å². The number of benzene rings is 1. The molecule has 0 N–H and O–H groups in total. The second-order valence-electron chi connectivity index (χ2n) is 6.84. The highest BCUT2D eigenvalue weighted by molar-refractivity contribution is 6.30. The number of nitrogens with zero attached hydrogens (tertiary/aromatic N) is 4. The van der Waals surface area contributed by atoms with Crippen molar-refractivity contribution in [2.24, 2.45) is 0 Å². The molecule has 1 aliphatic heterocycles. The molecule has 0 saturated carbocycles. The van der Waals surface area contributed by atoms with E-state index in [1.54, 1.807) is 24.1 Å². The Morgan fingerprint density at radius 1 is 1.24 bits per heavy atom. The first-order chi connectivity index (χ1) is 11.8. The molecule has 0 fully saturated rings. The number of ether oxygens (including phenoxy) is 2. The van der Waals surface area contributed by atoms with Gasteiger partial charge in [0.2, 0.25) is 0 Å². The van der Waals surface area contributed by atoms with Gasteiger partial charge in [-0.2, -0.15) is 0 Å². The van der Waals surface area contributed by atoms with Gasteiger partial charge in [-0.25, -0.2) is 4.79 Å². The van der Waals surface area contributed by atoms with Gasteiger partial charge < -0.3 is 14.0 Å². The van der Waals surface area contributed by atoms with Crippen LogP contribution in [0.5, 0.6) is 5.75 Å². The van der Waals surface area contributed by atoms with Gasteiger partial charge in [0.25, 0.3) is 0 Å². The van der Waals surface area contributed by atoms with Crippen LogP contribution in [0.3, 0.4) is 0 Å². The summed E-state index contributed by atoms with van der Waals surface area (Å²) in [5.41, 5.74) is 0.292. The van der Waals surface area contributed by atoms with Crippen LogP contribution >= 0.6 is 11.6 Å². The third-order valence-corrected chi connectivity index (χ3v) is 4.04. The third-order valence-electron chi connectivity index (χ3n) is 3.81. The maximum atomic E-state index is 12.2. The zero-order chi connectivity index (χ0) is 18.2. The summed E-state index contributed by atoms with van der Waals surface area (Å²) in [6.07, 6.45) is -0.340. The van der Waals surface area contributed by atoms with Gasteiger partial charge in [0, 0.05) is 18.1 Å². The molecular weight excluding hydrogens is 344 g/mol. The van der Waals surface area contributed by atoms with Crippen LogP contribution in [0.2, 0.25) is 5.02 Å². The van der Waals surface area contributed by atoms with E-state index in [1.165, 1.54) is 0 Å². The summed E-state index contributed by atoms with van der Waals surface area (Å²) in [7, 11) is 1.59. The minimum atomic E-state index is -0.524. The van der Waals surface area contributed by atoms with Gasteiger partial charge in [0.15, 0.2) is 11.6 Å². The first-order valence-electron chi connectivity index (χ1n) is 8.02. The van der Waals surface area contributed by atoms with Gasteiger partial charge in [-0.05, 0) is 39.0 Å². The second kappa shape index (κ2) is 6.55. The van der Waals surface area contributed by atoms with E-state index in [0.717, 1.165) is 5.56 Å². The number of hydrogen-bond acceptors (Lipinski definition) is 5. The van der Waals surface area contributed by atoms with E-state index in [-0.39, 0.29) is 6.09 Å². The normalized spacial score (nSPS) is 14.2. The maximum absolute atomic E-state index is 12.2. The largest absolute Gasteiger partial charge is 0.496 e. The minimum absolute atomic E-state index is 0.340. The Morgan fingerprint density at radius 3 is 2.68 bits per heavy atom. The van der Waals surface area contributed by atoms with Crippen molar-refractivity contribution in [3.63, 3.8) is 0 Å².